The Morgan fingerprint density at radius 1 is 1.14 bits per heavy atom. The second-order valence-corrected chi connectivity index (χ2v) is 6.64. The van der Waals surface area contributed by atoms with E-state index in [1.54, 1.807) is 16.8 Å². The number of nitrogens with zero attached hydrogens (tertiary/aromatic N) is 3. The molecule has 1 aliphatic rings. The van der Waals surface area contributed by atoms with Gasteiger partial charge < -0.3 is 19.4 Å². The first-order chi connectivity index (χ1) is 13.7. The van der Waals surface area contributed by atoms with Crippen molar-refractivity contribution in [2.24, 2.45) is 0 Å². The summed E-state index contributed by atoms with van der Waals surface area (Å²) in [5, 5.41) is 2.85. The lowest BCUT2D eigenvalue weighted by molar-refractivity contribution is -0.116. The minimum atomic E-state index is -0.399. The topological polar surface area (TPSA) is 89.6 Å². The lowest BCUT2D eigenvalue weighted by Crippen LogP contribution is -2.36. The van der Waals surface area contributed by atoms with Crippen LogP contribution in [0.2, 0.25) is 0 Å². The number of hydrogen-bond donors (Lipinski definition) is 1. The van der Waals surface area contributed by atoms with Gasteiger partial charge >= 0.3 is 5.76 Å². The van der Waals surface area contributed by atoms with Crippen LogP contribution in [0.3, 0.4) is 0 Å². The minimum absolute atomic E-state index is 0.109. The van der Waals surface area contributed by atoms with E-state index < -0.39 is 5.76 Å². The zero-order chi connectivity index (χ0) is 19.3. The van der Waals surface area contributed by atoms with E-state index in [0.717, 1.165) is 24.4 Å². The number of carbonyl (C=O) groups excluding carboxylic acids is 1. The van der Waals surface area contributed by atoms with Crippen LogP contribution in [0.4, 0.5) is 11.5 Å². The molecule has 3 heterocycles. The van der Waals surface area contributed by atoms with Crippen LogP contribution in [0.25, 0.3) is 11.1 Å². The number of para-hydroxylation sites is 2. The lowest BCUT2D eigenvalue weighted by atomic mass is 10.2. The second-order valence-electron chi connectivity index (χ2n) is 6.64. The van der Waals surface area contributed by atoms with Crippen LogP contribution in [0.5, 0.6) is 0 Å². The molecule has 0 bridgehead atoms. The molecule has 0 saturated carbocycles. The number of oxazole rings is 1. The number of benzene rings is 1. The van der Waals surface area contributed by atoms with Crippen LogP contribution in [0.1, 0.15) is 12.8 Å². The Morgan fingerprint density at radius 2 is 1.96 bits per heavy atom. The van der Waals surface area contributed by atoms with Crippen molar-refractivity contribution in [3.63, 3.8) is 0 Å². The predicted molar refractivity (Wildman–Crippen MR) is 106 cm³/mol. The molecule has 1 amide bonds. The molecule has 0 atom stereocenters. The van der Waals surface area contributed by atoms with Crippen molar-refractivity contribution < 1.29 is 13.9 Å². The SMILES string of the molecule is O=C(CCCn1c(=O)oc2ccccc21)Nc1ccc(N2CCOCC2)nc1. The number of aryl methyl sites for hydroxylation is 1. The second kappa shape index (κ2) is 8.26. The number of amides is 1. The molecule has 1 N–H and O–H groups in total. The maximum absolute atomic E-state index is 12.2. The summed E-state index contributed by atoms with van der Waals surface area (Å²) >= 11 is 0. The van der Waals surface area contributed by atoms with Gasteiger partial charge in [-0.25, -0.2) is 9.78 Å². The first-order valence-electron chi connectivity index (χ1n) is 9.38. The number of rotatable bonds is 6. The summed E-state index contributed by atoms with van der Waals surface area (Å²) in [6.45, 7) is 3.48. The summed E-state index contributed by atoms with van der Waals surface area (Å²) in [5.74, 6) is 0.374. The quantitative estimate of drug-likeness (QED) is 0.703. The van der Waals surface area contributed by atoms with Crippen LogP contribution in [-0.4, -0.2) is 41.8 Å². The highest BCUT2D eigenvalue weighted by Gasteiger charge is 2.13. The lowest BCUT2D eigenvalue weighted by Gasteiger charge is -2.27. The van der Waals surface area contributed by atoms with Gasteiger partial charge in [-0.05, 0) is 30.7 Å². The van der Waals surface area contributed by atoms with Gasteiger partial charge in [0.1, 0.15) is 5.82 Å². The number of ether oxygens (including phenoxy) is 1. The smallest absolute Gasteiger partial charge is 0.408 e. The average molecular weight is 382 g/mol. The predicted octanol–water partition coefficient (Wildman–Crippen LogP) is 2.25. The molecule has 3 aromatic rings. The third kappa shape index (κ3) is 4.07. The number of pyridine rings is 1. The zero-order valence-electron chi connectivity index (χ0n) is 15.5. The van der Waals surface area contributed by atoms with Gasteiger partial charge in [-0.3, -0.25) is 9.36 Å². The van der Waals surface area contributed by atoms with Gasteiger partial charge in [-0.2, -0.15) is 0 Å². The Balaban J connectivity index is 1.29. The van der Waals surface area contributed by atoms with E-state index in [1.165, 1.54) is 0 Å². The van der Waals surface area contributed by atoms with Crippen molar-refractivity contribution >= 4 is 28.5 Å². The van der Waals surface area contributed by atoms with E-state index in [-0.39, 0.29) is 5.91 Å². The molecule has 8 heteroatoms. The molecular formula is C20H22N4O4. The zero-order valence-corrected chi connectivity index (χ0v) is 15.5. The molecule has 28 heavy (non-hydrogen) atoms. The van der Waals surface area contributed by atoms with E-state index in [2.05, 4.69) is 15.2 Å². The molecule has 0 radical (unpaired) electrons. The van der Waals surface area contributed by atoms with Gasteiger partial charge in [0, 0.05) is 26.1 Å². The number of hydrogen-bond acceptors (Lipinski definition) is 6. The average Bonchev–Trinajstić information content (AvgIpc) is 3.04. The number of anilines is 2. The number of fused-ring (bicyclic) bond motifs is 1. The van der Waals surface area contributed by atoms with Crippen LogP contribution < -0.4 is 16.0 Å². The molecule has 1 saturated heterocycles. The molecule has 0 spiro atoms. The van der Waals surface area contributed by atoms with E-state index in [0.29, 0.717) is 43.9 Å². The Kier molecular flexibility index (Phi) is 5.38. The summed E-state index contributed by atoms with van der Waals surface area (Å²) in [5.41, 5.74) is 1.96. The molecule has 8 nitrogen and oxygen atoms in total. The molecule has 4 rings (SSSR count). The number of morpholine rings is 1. The maximum Gasteiger partial charge on any atom is 0.419 e. The van der Waals surface area contributed by atoms with Crippen molar-refractivity contribution in [3.05, 3.63) is 53.1 Å². The summed E-state index contributed by atoms with van der Waals surface area (Å²) in [4.78, 5) is 30.7. The normalized spacial score (nSPS) is 14.4. The Bertz CT molecular complexity index is 1000. The summed E-state index contributed by atoms with van der Waals surface area (Å²) in [6, 6.07) is 11.0. The van der Waals surface area contributed by atoms with E-state index in [9.17, 15) is 9.59 Å². The largest absolute Gasteiger partial charge is 0.419 e. The molecule has 0 unspecified atom stereocenters. The molecule has 1 fully saturated rings. The van der Waals surface area contributed by atoms with Crippen molar-refractivity contribution in [1.82, 2.24) is 9.55 Å². The minimum Gasteiger partial charge on any atom is -0.408 e. The molecule has 1 aliphatic heterocycles. The standard InChI is InChI=1S/C20H22N4O4/c25-19(6-3-9-24-16-4-1-2-5-17(16)28-20(24)26)22-15-7-8-18(21-14-15)23-10-12-27-13-11-23/h1-2,4-5,7-8,14H,3,6,9-13H2,(H,22,25). The molecule has 146 valence electrons. The highest BCUT2D eigenvalue weighted by atomic mass is 16.5. The first kappa shape index (κ1) is 18.2. The monoisotopic (exact) mass is 382 g/mol. The van der Waals surface area contributed by atoms with E-state index >= 15 is 0 Å². The molecular weight excluding hydrogens is 360 g/mol. The highest BCUT2D eigenvalue weighted by Crippen LogP contribution is 2.16. The number of carbonyl (C=O) groups is 1. The van der Waals surface area contributed by atoms with Gasteiger partial charge in [0.25, 0.3) is 0 Å². The van der Waals surface area contributed by atoms with Crippen molar-refractivity contribution in [2.45, 2.75) is 19.4 Å². The Labute approximate surface area is 161 Å². The van der Waals surface area contributed by atoms with Gasteiger partial charge in [0.15, 0.2) is 5.58 Å². The summed E-state index contributed by atoms with van der Waals surface area (Å²) in [6.07, 6.45) is 2.50. The fourth-order valence-corrected chi connectivity index (χ4v) is 3.29. The van der Waals surface area contributed by atoms with Crippen LogP contribution in [-0.2, 0) is 16.1 Å². The van der Waals surface area contributed by atoms with Crippen molar-refractivity contribution in [1.29, 1.82) is 0 Å². The van der Waals surface area contributed by atoms with Gasteiger partial charge in [-0.1, -0.05) is 12.1 Å². The third-order valence-corrected chi connectivity index (χ3v) is 4.73. The maximum atomic E-state index is 12.2. The van der Waals surface area contributed by atoms with Crippen LogP contribution in [0, 0.1) is 0 Å². The fraction of sp³-hybridized carbons (Fsp3) is 0.350. The fourth-order valence-electron chi connectivity index (χ4n) is 3.29. The van der Waals surface area contributed by atoms with Gasteiger partial charge in [0.05, 0.1) is 30.6 Å². The molecule has 2 aromatic heterocycles. The van der Waals surface area contributed by atoms with Gasteiger partial charge in [-0.15, -0.1) is 0 Å². The first-order valence-corrected chi connectivity index (χ1v) is 9.38. The Hall–Kier alpha value is -3.13. The third-order valence-electron chi connectivity index (χ3n) is 4.73. The van der Waals surface area contributed by atoms with E-state index in [1.807, 2.05) is 30.3 Å². The number of aromatic nitrogens is 2. The Morgan fingerprint density at radius 3 is 2.75 bits per heavy atom. The van der Waals surface area contributed by atoms with Gasteiger partial charge in [0.2, 0.25) is 5.91 Å². The number of nitrogens with one attached hydrogen (secondary N) is 1. The molecule has 1 aromatic carbocycles. The highest BCUT2D eigenvalue weighted by molar-refractivity contribution is 5.90. The van der Waals surface area contributed by atoms with Crippen LogP contribution >= 0.6 is 0 Å². The summed E-state index contributed by atoms with van der Waals surface area (Å²) < 4.78 is 12.1. The molecule has 0 aliphatic carbocycles. The van der Waals surface area contributed by atoms with Crippen molar-refractivity contribution in [3.8, 4) is 0 Å². The van der Waals surface area contributed by atoms with Crippen LogP contribution in [0.15, 0.2) is 51.8 Å². The van der Waals surface area contributed by atoms with Crippen molar-refractivity contribution in [2.75, 3.05) is 36.5 Å². The summed E-state index contributed by atoms with van der Waals surface area (Å²) in [7, 11) is 0. The van der Waals surface area contributed by atoms with E-state index in [4.69, 9.17) is 9.15 Å².